The lowest BCUT2D eigenvalue weighted by Gasteiger charge is -2.40. The summed E-state index contributed by atoms with van der Waals surface area (Å²) in [5.74, 6) is -2.45. The first-order chi connectivity index (χ1) is 14.1. The third-order valence-corrected chi connectivity index (χ3v) is 6.70. The van der Waals surface area contributed by atoms with Gasteiger partial charge < -0.3 is 10.1 Å². The van der Waals surface area contributed by atoms with Crippen LogP contribution in [0.3, 0.4) is 0 Å². The van der Waals surface area contributed by atoms with Crippen molar-refractivity contribution in [3.05, 3.63) is 63.4 Å². The van der Waals surface area contributed by atoms with E-state index < -0.39 is 34.7 Å². The van der Waals surface area contributed by atoms with Crippen LogP contribution < -0.4 is 10.6 Å². The lowest BCUT2D eigenvalue weighted by molar-refractivity contribution is -0.145. The number of hydrogen-bond donors (Lipinski definition) is 2. The summed E-state index contributed by atoms with van der Waals surface area (Å²) in [4.78, 5) is 26.5. The van der Waals surface area contributed by atoms with E-state index in [9.17, 15) is 9.59 Å². The molecule has 1 fully saturated rings. The summed E-state index contributed by atoms with van der Waals surface area (Å²) in [6, 6.07) is 8.73. The number of carbonyl (C=O) groups excluding carboxylic acids is 2. The Morgan fingerprint density at radius 3 is 2.67 bits per heavy atom. The van der Waals surface area contributed by atoms with Gasteiger partial charge in [0.15, 0.2) is 0 Å². The summed E-state index contributed by atoms with van der Waals surface area (Å²) >= 11 is 12.2. The third kappa shape index (κ3) is 2.77. The smallest absolute Gasteiger partial charge is 0.323 e. The fourth-order valence-corrected chi connectivity index (χ4v) is 5.42. The molecule has 1 saturated heterocycles. The second-order valence-electron chi connectivity index (χ2n) is 8.07. The molecule has 0 bridgehead atoms. The lowest BCUT2D eigenvalue weighted by Crippen LogP contribution is -2.55. The number of anilines is 1. The zero-order valence-electron chi connectivity index (χ0n) is 16.7. The molecule has 0 aromatic heterocycles. The molecule has 0 saturated carbocycles. The van der Waals surface area contributed by atoms with E-state index in [4.69, 9.17) is 27.9 Å². The van der Waals surface area contributed by atoms with Gasteiger partial charge in [-0.3, -0.25) is 14.9 Å². The molecule has 0 aliphatic carbocycles. The molecule has 1 spiro atoms. The molecular formula is C22H21Cl2FN2O3. The minimum Gasteiger partial charge on any atom is -0.465 e. The Hall–Kier alpha value is -2.15. The lowest BCUT2D eigenvalue weighted by atomic mass is 9.60. The first-order valence-electron chi connectivity index (χ1n) is 9.65. The van der Waals surface area contributed by atoms with E-state index in [1.165, 1.54) is 6.07 Å². The summed E-state index contributed by atoms with van der Waals surface area (Å²) in [6.45, 7) is 5.51. The Balaban J connectivity index is 2.04. The van der Waals surface area contributed by atoms with Crippen LogP contribution in [0.25, 0.3) is 0 Å². The van der Waals surface area contributed by atoms with Crippen LogP contribution in [0.4, 0.5) is 10.1 Å². The standard InChI is InChI=1S/C22H21Cl2FN2O3/c1-4-30-19(28)18-16(12-6-5-7-14(24)17(12)25)22(21(2,3)27-18)13-9-8-11(23)10-15(13)26-20(22)29/h5-10,16,18,27H,4H2,1-3H3,(H,26,29)/t16-,18?,22+/m0/s1. The van der Waals surface area contributed by atoms with Crippen LogP contribution in [0.1, 0.15) is 37.8 Å². The fraction of sp³-hybridized carbons (Fsp3) is 0.364. The summed E-state index contributed by atoms with van der Waals surface area (Å²) < 4.78 is 20.5. The van der Waals surface area contributed by atoms with Gasteiger partial charge in [-0.05, 0) is 50.1 Å². The predicted molar refractivity (Wildman–Crippen MR) is 114 cm³/mol. The summed E-state index contributed by atoms with van der Waals surface area (Å²) in [6.07, 6.45) is 0. The Bertz CT molecular complexity index is 1060. The Morgan fingerprint density at radius 1 is 1.23 bits per heavy atom. The minimum absolute atomic E-state index is 0.0790. The van der Waals surface area contributed by atoms with Gasteiger partial charge in [-0.1, -0.05) is 41.4 Å². The van der Waals surface area contributed by atoms with E-state index in [1.807, 2.05) is 13.8 Å². The zero-order chi connectivity index (χ0) is 21.8. The predicted octanol–water partition coefficient (Wildman–Crippen LogP) is 4.42. The highest BCUT2D eigenvalue weighted by Crippen LogP contribution is 2.59. The van der Waals surface area contributed by atoms with Crippen molar-refractivity contribution < 1.29 is 18.7 Å². The Labute approximate surface area is 183 Å². The van der Waals surface area contributed by atoms with Crippen LogP contribution in [0.15, 0.2) is 36.4 Å². The average molecular weight is 451 g/mol. The van der Waals surface area contributed by atoms with Crippen LogP contribution in [-0.2, 0) is 19.7 Å². The highest BCUT2D eigenvalue weighted by molar-refractivity contribution is 6.31. The van der Waals surface area contributed by atoms with Gasteiger partial charge in [-0.2, -0.15) is 0 Å². The maximum absolute atomic E-state index is 15.3. The third-order valence-electron chi connectivity index (χ3n) is 6.17. The van der Waals surface area contributed by atoms with E-state index in [-0.39, 0.29) is 23.1 Å². The number of amides is 1. The normalized spacial score (nSPS) is 26.5. The van der Waals surface area contributed by atoms with Crippen molar-refractivity contribution in [2.45, 2.75) is 43.7 Å². The molecule has 2 heterocycles. The molecular weight excluding hydrogens is 430 g/mol. The Kier molecular flexibility index (Phi) is 5.08. The zero-order valence-corrected chi connectivity index (χ0v) is 18.2. The van der Waals surface area contributed by atoms with Gasteiger partial charge in [0.2, 0.25) is 5.91 Å². The van der Waals surface area contributed by atoms with E-state index in [0.717, 1.165) is 0 Å². The highest BCUT2D eigenvalue weighted by Gasteiger charge is 2.69. The van der Waals surface area contributed by atoms with Crippen molar-refractivity contribution in [3.63, 3.8) is 0 Å². The van der Waals surface area contributed by atoms with Crippen molar-refractivity contribution in [3.8, 4) is 0 Å². The molecule has 3 atom stereocenters. The number of carbonyl (C=O) groups is 2. The van der Waals surface area contributed by atoms with E-state index >= 15 is 4.39 Å². The van der Waals surface area contributed by atoms with E-state index in [1.54, 1.807) is 37.3 Å². The second kappa shape index (κ2) is 7.22. The molecule has 0 radical (unpaired) electrons. The van der Waals surface area contributed by atoms with Crippen molar-refractivity contribution >= 4 is 40.8 Å². The molecule has 4 rings (SSSR count). The molecule has 158 valence electrons. The van der Waals surface area contributed by atoms with E-state index in [2.05, 4.69) is 10.6 Å². The topological polar surface area (TPSA) is 67.4 Å². The first-order valence-corrected chi connectivity index (χ1v) is 10.4. The number of benzene rings is 2. The molecule has 30 heavy (non-hydrogen) atoms. The van der Waals surface area contributed by atoms with Crippen LogP contribution >= 0.6 is 23.2 Å². The molecule has 2 N–H and O–H groups in total. The van der Waals surface area contributed by atoms with Crippen molar-refractivity contribution in [1.29, 1.82) is 0 Å². The van der Waals surface area contributed by atoms with Gasteiger partial charge in [0, 0.05) is 22.2 Å². The van der Waals surface area contributed by atoms with E-state index in [0.29, 0.717) is 16.3 Å². The fourth-order valence-electron chi connectivity index (χ4n) is 5.06. The summed E-state index contributed by atoms with van der Waals surface area (Å²) in [5.41, 5.74) is -0.857. The average Bonchev–Trinajstić information content (AvgIpc) is 3.10. The molecule has 1 amide bonds. The molecule has 5 nitrogen and oxygen atoms in total. The molecule has 2 aliphatic rings. The summed E-state index contributed by atoms with van der Waals surface area (Å²) in [5, 5.41) is 6.51. The van der Waals surface area contributed by atoms with Crippen molar-refractivity contribution in [2.75, 3.05) is 11.9 Å². The van der Waals surface area contributed by atoms with Gasteiger partial charge in [0.05, 0.1) is 11.6 Å². The molecule has 2 aromatic rings. The van der Waals surface area contributed by atoms with Gasteiger partial charge in [0.25, 0.3) is 0 Å². The molecule has 2 aliphatic heterocycles. The van der Waals surface area contributed by atoms with Gasteiger partial charge in [0.1, 0.15) is 17.3 Å². The maximum atomic E-state index is 15.3. The number of esters is 1. The summed E-state index contributed by atoms with van der Waals surface area (Å²) in [7, 11) is 0. The quantitative estimate of drug-likeness (QED) is 0.679. The van der Waals surface area contributed by atoms with Gasteiger partial charge >= 0.3 is 5.97 Å². The van der Waals surface area contributed by atoms with Crippen LogP contribution in [0.2, 0.25) is 10.0 Å². The monoisotopic (exact) mass is 450 g/mol. The van der Waals surface area contributed by atoms with Crippen molar-refractivity contribution in [1.82, 2.24) is 5.32 Å². The number of hydrogen-bond acceptors (Lipinski definition) is 4. The SMILES string of the molecule is CCOC(=O)C1NC(C)(C)[C@@]2(C(=O)Nc3cc(Cl)ccc32)[C@H]1c1cccc(Cl)c1F. The van der Waals surface area contributed by atoms with Gasteiger partial charge in [-0.25, -0.2) is 4.39 Å². The molecule has 2 aromatic carbocycles. The minimum atomic E-state index is -1.30. The van der Waals surface area contributed by atoms with Crippen molar-refractivity contribution in [2.24, 2.45) is 0 Å². The number of halogens is 3. The number of nitrogens with one attached hydrogen (secondary N) is 2. The largest absolute Gasteiger partial charge is 0.465 e. The molecule has 8 heteroatoms. The van der Waals surface area contributed by atoms with Crippen LogP contribution in [0.5, 0.6) is 0 Å². The van der Waals surface area contributed by atoms with Crippen LogP contribution in [-0.4, -0.2) is 30.1 Å². The number of fused-ring (bicyclic) bond motifs is 2. The maximum Gasteiger partial charge on any atom is 0.323 e. The van der Waals surface area contributed by atoms with Crippen LogP contribution in [0, 0.1) is 5.82 Å². The van der Waals surface area contributed by atoms with Gasteiger partial charge in [-0.15, -0.1) is 0 Å². The molecule has 1 unspecified atom stereocenters. The number of ether oxygens (including phenoxy) is 1. The Morgan fingerprint density at radius 2 is 1.97 bits per heavy atom. The number of rotatable bonds is 3. The highest BCUT2D eigenvalue weighted by atomic mass is 35.5. The first kappa shape index (κ1) is 21.1. The second-order valence-corrected chi connectivity index (χ2v) is 8.92.